The number of hydrogen-bond donors (Lipinski definition) is 1. The molecule has 0 aliphatic carbocycles. The molecule has 2 rings (SSSR count). The van der Waals surface area contributed by atoms with Gasteiger partial charge in [0.1, 0.15) is 5.58 Å². The van der Waals surface area contributed by atoms with Gasteiger partial charge in [0.2, 0.25) is 16.2 Å². The summed E-state index contributed by atoms with van der Waals surface area (Å²) in [5, 5.41) is 1.37. The average Bonchev–Trinajstić information content (AvgIpc) is 2.48. The quantitative estimate of drug-likeness (QED) is 0.791. The summed E-state index contributed by atoms with van der Waals surface area (Å²) in [6.07, 6.45) is 0. The van der Waals surface area contributed by atoms with Crippen molar-refractivity contribution in [2.75, 3.05) is 0 Å². The molecule has 74 valence electrons. The van der Waals surface area contributed by atoms with Crippen molar-refractivity contribution in [3.05, 3.63) is 28.2 Å². The van der Waals surface area contributed by atoms with E-state index in [1.807, 2.05) is 0 Å². The van der Waals surface area contributed by atoms with Crippen LogP contribution < -0.4 is 0 Å². The predicted octanol–water partition coefficient (Wildman–Crippen LogP) is 3.32. The van der Waals surface area contributed by atoms with Crippen LogP contribution in [-0.2, 0) is 11.1 Å². The Morgan fingerprint density at radius 3 is 2.50 bits per heavy atom. The Morgan fingerprint density at radius 1 is 1.21 bits per heavy atom. The summed E-state index contributed by atoms with van der Waals surface area (Å²) in [7, 11) is 0. The van der Waals surface area contributed by atoms with Gasteiger partial charge in [-0.15, -0.1) is 0 Å². The lowest BCUT2D eigenvalue weighted by molar-refractivity contribution is 0.469. The maximum Gasteiger partial charge on any atom is 0.223 e. The van der Waals surface area contributed by atoms with Crippen molar-refractivity contribution in [2.45, 2.75) is 5.09 Å². The molecule has 2 aromatic rings. The Kier molecular flexibility index (Phi) is 2.53. The standard InChI is InChI=1S/C8H4Cl2O3S/c9-5-1-4-2-8(14(11)12)13-7(4)3-6(5)10/h1-3H,(H,11,12). The Morgan fingerprint density at radius 2 is 1.86 bits per heavy atom. The molecule has 0 aliphatic heterocycles. The minimum Gasteiger partial charge on any atom is -0.445 e. The first-order valence-electron chi connectivity index (χ1n) is 3.57. The van der Waals surface area contributed by atoms with Gasteiger partial charge in [0, 0.05) is 17.5 Å². The van der Waals surface area contributed by atoms with Gasteiger partial charge in [0.15, 0.2) is 0 Å². The molecule has 0 saturated heterocycles. The van der Waals surface area contributed by atoms with Crippen LogP contribution >= 0.6 is 23.2 Å². The van der Waals surface area contributed by atoms with Gasteiger partial charge in [-0.3, -0.25) is 4.55 Å². The second-order valence-corrected chi connectivity index (χ2v) is 4.33. The fraction of sp³-hybridized carbons (Fsp3) is 0. The third kappa shape index (κ3) is 1.66. The zero-order chi connectivity index (χ0) is 10.3. The van der Waals surface area contributed by atoms with E-state index in [1.165, 1.54) is 12.1 Å². The molecule has 0 bridgehead atoms. The van der Waals surface area contributed by atoms with Gasteiger partial charge in [-0.05, 0) is 6.07 Å². The van der Waals surface area contributed by atoms with Crippen LogP contribution in [0.1, 0.15) is 0 Å². The number of benzene rings is 1. The summed E-state index contributed by atoms with van der Waals surface area (Å²) in [6.45, 7) is 0. The Labute approximate surface area is 91.9 Å². The van der Waals surface area contributed by atoms with Crippen LogP contribution in [-0.4, -0.2) is 8.76 Å². The van der Waals surface area contributed by atoms with Gasteiger partial charge in [-0.1, -0.05) is 23.2 Å². The van der Waals surface area contributed by atoms with Crippen LogP contribution in [0.5, 0.6) is 0 Å². The molecule has 1 atom stereocenters. The minimum atomic E-state index is -2.13. The lowest BCUT2D eigenvalue weighted by atomic mass is 10.3. The zero-order valence-electron chi connectivity index (χ0n) is 6.66. The number of furan rings is 1. The van der Waals surface area contributed by atoms with E-state index in [9.17, 15) is 4.21 Å². The maximum absolute atomic E-state index is 10.7. The molecule has 1 heterocycles. The highest BCUT2D eigenvalue weighted by atomic mass is 35.5. The summed E-state index contributed by atoms with van der Waals surface area (Å²) in [5.41, 5.74) is 0.441. The minimum absolute atomic E-state index is 0.0154. The van der Waals surface area contributed by atoms with Crippen molar-refractivity contribution in [2.24, 2.45) is 0 Å². The van der Waals surface area contributed by atoms with Gasteiger partial charge < -0.3 is 4.42 Å². The highest BCUT2D eigenvalue weighted by Crippen LogP contribution is 2.30. The normalized spacial score (nSPS) is 13.4. The fourth-order valence-electron chi connectivity index (χ4n) is 1.10. The second kappa shape index (κ2) is 3.55. The molecular weight excluding hydrogens is 247 g/mol. The van der Waals surface area contributed by atoms with Gasteiger partial charge in [0.25, 0.3) is 0 Å². The van der Waals surface area contributed by atoms with Gasteiger partial charge in [-0.2, -0.15) is 0 Å². The molecule has 0 aliphatic rings. The van der Waals surface area contributed by atoms with E-state index in [0.717, 1.165) is 0 Å². The Bertz CT molecular complexity index is 482. The van der Waals surface area contributed by atoms with Gasteiger partial charge in [-0.25, -0.2) is 4.21 Å². The fourth-order valence-corrected chi connectivity index (χ4v) is 1.81. The van der Waals surface area contributed by atoms with Gasteiger partial charge >= 0.3 is 0 Å². The lowest BCUT2D eigenvalue weighted by Gasteiger charge is -1.93. The average molecular weight is 251 g/mol. The highest BCUT2D eigenvalue weighted by molar-refractivity contribution is 7.79. The first-order valence-corrected chi connectivity index (χ1v) is 5.43. The summed E-state index contributed by atoms with van der Waals surface area (Å²) in [4.78, 5) is 0. The number of rotatable bonds is 1. The summed E-state index contributed by atoms with van der Waals surface area (Å²) >= 11 is 9.38. The summed E-state index contributed by atoms with van der Waals surface area (Å²) in [5.74, 6) is 0. The van der Waals surface area contributed by atoms with Crippen LogP contribution in [0.3, 0.4) is 0 Å². The van der Waals surface area contributed by atoms with E-state index >= 15 is 0 Å². The zero-order valence-corrected chi connectivity index (χ0v) is 8.99. The van der Waals surface area contributed by atoms with E-state index in [4.69, 9.17) is 32.2 Å². The molecule has 0 radical (unpaired) electrons. The van der Waals surface area contributed by atoms with Crippen molar-refractivity contribution < 1.29 is 13.2 Å². The van der Waals surface area contributed by atoms with Crippen molar-refractivity contribution in [3.8, 4) is 0 Å². The molecule has 1 unspecified atom stereocenters. The maximum atomic E-state index is 10.7. The highest BCUT2D eigenvalue weighted by Gasteiger charge is 2.10. The van der Waals surface area contributed by atoms with Crippen LogP contribution in [0.15, 0.2) is 27.7 Å². The van der Waals surface area contributed by atoms with E-state index in [-0.39, 0.29) is 5.09 Å². The van der Waals surface area contributed by atoms with E-state index in [0.29, 0.717) is 21.0 Å². The predicted molar refractivity (Wildman–Crippen MR) is 55.3 cm³/mol. The Hall–Kier alpha value is -0.550. The topological polar surface area (TPSA) is 50.4 Å². The molecule has 1 N–H and O–H groups in total. The van der Waals surface area contributed by atoms with Crippen LogP contribution in [0.4, 0.5) is 0 Å². The lowest BCUT2D eigenvalue weighted by Crippen LogP contribution is -1.81. The second-order valence-electron chi connectivity index (χ2n) is 2.62. The molecule has 0 saturated carbocycles. The monoisotopic (exact) mass is 250 g/mol. The van der Waals surface area contributed by atoms with Crippen molar-refractivity contribution in [1.29, 1.82) is 0 Å². The van der Waals surface area contributed by atoms with Crippen LogP contribution in [0.2, 0.25) is 10.0 Å². The van der Waals surface area contributed by atoms with Gasteiger partial charge in [0.05, 0.1) is 10.0 Å². The summed E-state index contributed by atoms with van der Waals surface area (Å²) < 4.78 is 24.5. The molecule has 6 heteroatoms. The number of fused-ring (bicyclic) bond motifs is 1. The Balaban J connectivity index is 2.72. The molecule has 1 aromatic carbocycles. The van der Waals surface area contributed by atoms with Crippen molar-refractivity contribution >= 4 is 45.3 Å². The van der Waals surface area contributed by atoms with E-state index < -0.39 is 11.1 Å². The molecule has 3 nitrogen and oxygen atoms in total. The summed E-state index contributed by atoms with van der Waals surface area (Å²) in [6, 6.07) is 4.54. The van der Waals surface area contributed by atoms with Crippen molar-refractivity contribution in [3.63, 3.8) is 0 Å². The molecule has 0 spiro atoms. The smallest absolute Gasteiger partial charge is 0.223 e. The molecule has 14 heavy (non-hydrogen) atoms. The third-order valence-corrected chi connectivity index (χ3v) is 2.98. The van der Waals surface area contributed by atoms with Crippen LogP contribution in [0.25, 0.3) is 11.0 Å². The van der Waals surface area contributed by atoms with Crippen LogP contribution in [0, 0.1) is 0 Å². The number of hydrogen-bond acceptors (Lipinski definition) is 2. The molecule has 1 aromatic heterocycles. The van der Waals surface area contributed by atoms with E-state index in [1.54, 1.807) is 6.07 Å². The third-order valence-electron chi connectivity index (χ3n) is 1.71. The first-order chi connectivity index (χ1) is 6.58. The number of halogens is 2. The largest absolute Gasteiger partial charge is 0.445 e. The SMILES string of the molecule is O=S(O)c1cc2cc(Cl)c(Cl)cc2o1. The first kappa shape index (κ1) is 9.98. The van der Waals surface area contributed by atoms with Crippen molar-refractivity contribution in [1.82, 2.24) is 0 Å². The molecule has 0 fully saturated rings. The van der Waals surface area contributed by atoms with E-state index in [2.05, 4.69) is 0 Å². The molecule has 0 amide bonds. The molecular formula is C8H4Cl2O3S.